The Kier molecular flexibility index (Phi) is 4.77. The first-order valence-corrected chi connectivity index (χ1v) is 7.29. The van der Waals surface area contributed by atoms with Gasteiger partial charge in [0.25, 0.3) is 5.69 Å². The van der Waals surface area contributed by atoms with E-state index in [1.807, 2.05) is 0 Å². The monoisotopic (exact) mass is 292 g/mol. The summed E-state index contributed by atoms with van der Waals surface area (Å²) in [6.07, 6.45) is 5.35. The van der Waals surface area contributed by atoms with Crippen molar-refractivity contribution in [2.45, 2.75) is 45.1 Å². The molecule has 0 radical (unpaired) electrons. The summed E-state index contributed by atoms with van der Waals surface area (Å²) in [7, 11) is 0. The molecule has 2 N–H and O–H groups in total. The zero-order chi connectivity index (χ0) is 15.4. The van der Waals surface area contributed by atoms with E-state index in [1.54, 1.807) is 0 Å². The van der Waals surface area contributed by atoms with Crippen LogP contribution in [0, 0.1) is 16.0 Å². The van der Waals surface area contributed by atoms with Crippen LogP contribution in [0.25, 0.3) is 0 Å². The molecule has 0 saturated heterocycles. The predicted octanol–water partition coefficient (Wildman–Crippen LogP) is 3.67. The summed E-state index contributed by atoms with van der Waals surface area (Å²) in [6, 6.07) is 4.05. The number of carboxylic acids is 1. The second kappa shape index (κ2) is 6.56. The maximum atomic E-state index is 11.1. The molecule has 114 valence electrons. The fourth-order valence-electron chi connectivity index (χ4n) is 2.96. The van der Waals surface area contributed by atoms with Gasteiger partial charge in [-0.3, -0.25) is 10.1 Å². The molecule has 0 heterocycles. The number of benzene rings is 1. The van der Waals surface area contributed by atoms with E-state index in [0.717, 1.165) is 25.7 Å². The fourth-order valence-corrected chi connectivity index (χ4v) is 2.96. The average molecular weight is 292 g/mol. The zero-order valence-electron chi connectivity index (χ0n) is 12.0. The molecule has 1 aromatic rings. The number of carbonyl (C=O) groups is 1. The van der Waals surface area contributed by atoms with Crippen LogP contribution in [0.1, 0.15) is 49.4 Å². The third-order valence-electron chi connectivity index (χ3n) is 4.16. The number of rotatable bonds is 5. The van der Waals surface area contributed by atoms with Crippen molar-refractivity contribution in [3.63, 3.8) is 0 Å². The van der Waals surface area contributed by atoms with Gasteiger partial charge in [-0.1, -0.05) is 26.2 Å². The normalized spacial score (nSPS) is 21.8. The van der Waals surface area contributed by atoms with E-state index >= 15 is 0 Å². The molecule has 0 aromatic heterocycles. The molecule has 0 spiro atoms. The summed E-state index contributed by atoms with van der Waals surface area (Å²) in [4.78, 5) is 21.6. The van der Waals surface area contributed by atoms with Crippen LogP contribution in [-0.4, -0.2) is 22.0 Å². The number of nitrogens with one attached hydrogen (secondary N) is 1. The van der Waals surface area contributed by atoms with Gasteiger partial charge in [-0.2, -0.15) is 0 Å². The number of nitro benzene ring substituents is 1. The lowest BCUT2D eigenvalue weighted by Gasteiger charge is -2.29. The number of aromatic carboxylic acids is 1. The van der Waals surface area contributed by atoms with Crippen LogP contribution < -0.4 is 5.32 Å². The molecule has 1 aromatic carbocycles. The quantitative estimate of drug-likeness (QED) is 0.638. The highest BCUT2D eigenvalue weighted by atomic mass is 16.6. The van der Waals surface area contributed by atoms with Crippen molar-refractivity contribution in [1.82, 2.24) is 0 Å². The summed E-state index contributed by atoms with van der Waals surface area (Å²) in [6.45, 7) is 2.15. The summed E-state index contributed by atoms with van der Waals surface area (Å²) in [5.74, 6) is -0.444. The maximum Gasteiger partial charge on any atom is 0.335 e. The van der Waals surface area contributed by atoms with Crippen LogP contribution in [0.5, 0.6) is 0 Å². The number of nitrogens with zero attached hydrogens (tertiary/aromatic N) is 1. The first-order chi connectivity index (χ1) is 10.0. The summed E-state index contributed by atoms with van der Waals surface area (Å²) in [5.41, 5.74) is 0.297. The van der Waals surface area contributed by atoms with Crippen molar-refractivity contribution in [3.8, 4) is 0 Å². The minimum Gasteiger partial charge on any atom is -0.478 e. The van der Waals surface area contributed by atoms with Crippen molar-refractivity contribution in [3.05, 3.63) is 33.9 Å². The van der Waals surface area contributed by atoms with Gasteiger partial charge < -0.3 is 10.4 Å². The number of nitro groups is 1. The van der Waals surface area contributed by atoms with Crippen molar-refractivity contribution in [1.29, 1.82) is 0 Å². The molecule has 1 saturated carbocycles. The van der Waals surface area contributed by atoms with Crippen LogP contribution in [0.15, 0.2) is 18.2 Å². The minimum absolute atomic E-state index is 0.0611. The van der Waals surface area contributed by atoms with Crippen LogP contribution in [0.4, 0.5) is 11.4 Å². The lowest BCUT2D eigenvalue weighted by Crippen LogP contribution is -2.27. The van der Waals surface area contributed by atoms with Gasteiger partial charge in [0.1, 0.15) is 5.69 Å². The predicted molar refractivity (Wildman–Crippen MR) is 79.7 cm³/mol. The Morgan fingerprint density at radius 1 is 1.48 bits per heavy atom. The zero-order valence-corrected chi connectivity index (χ0v) is 12.0. The first kappa shape index (κ1) is 15.3. The highest BCUT2D eigenvalue weighted by Gasteiger charge is 2.24. The van der Waals surface area contributed by atoms with Crippen molar-refractivity contribution in [2.24, 2.45) is 5.92 Å². The maximum absolute atomic E-state index is 11.1. The molecular weight excluding hydrogens is 272 g/mol. The number of carboxylic acid groups (broad SMARTS) is 1. The van der Waals surface area contributed by atoms with E-state index in [1.165, 1.54) is 24.6 Å². The van der Waals surface area contributed by atoms with Gasteiger partial charge >= 0.3 is 5.97 Å². The Morgan fingerprint density at radius 2 is 2.24 bits per heavy atom. The standard InChI is InChI=1S/C15H20N2O4/c1-2-10-4-3-5-12(8-10)16-13-9-11(15(18)19)6-7-14(13)17(20)21/h6-7,9-10,12,16H,2-5,8H2,1H3,(H,18,19). The van der Waals surface area contributed by atoms with Gasteiger partial charge in [-0.25, -0.2) is 4.79 Å². The fraction of sp³-hybridized carbons (Fsp3) is 0.533. The van der Waals surface area contributed by atoms with E-state index in [9.17, 15) is 14.9 Å². The second-order valence-electron chi connectivity index (χ2n) is 5.58. The molecule has 2 rings (SSSR count). The molecule has 0 amide bonds. The Hall–Kier alpha value is -2.11. The molecular formula is C15H20N2O4. The van der Waals surface area contributed by atoms with E-state index in [2.05, 4.69) is 12.2 Å². The highest BCUT2D eigenvalue weighted by Crippen LogP contribution is 2.32. The molecule has 1 aliphatic rings. The lowest BCUT2D eigenvalue weighted by molar-refractivity contribution is -0.384. The van der Waals surface area contributed by atoms with Crippen LogP contribution in [-0.2, 0) is 0 Å². The molecule has 21 heavy (non-hydrogen) atoms. The SMILES string of the molecule is CCC1CCCC(Nc2cc(C(=O)O)ccc2[N+](=O)[O-])C1. The van der Waals surface area contributed by atoms with Gasteiger partial charge in [-0.05, 0) is 30.9 Å². The Bertz CT molecular complexity index is 544. The van der Waals surface area contributed by atoms with E-state index in [4.69, 9.17) is 5.11 Å². The van der Waals surface area contributed by atoms with Crippen molar-refractivity contribution >= 4 is 17.3 Å². The Morgan fingerprint density at radius 3 is 2.86 bits per heavy atom. The molecule has 2 atom stereocenters. The topological polar surface area (TPSA) is 92.5 Å². The smallest absolute Gasteiger partial charge is 0.335 e. The number of hydrogen-bond acceptors (Lipinski definition) is 4. The molecule has 2 unspecified atom stereocenters. The average Bonchev–Trinajstić information content (AvgIpc) is 2.47. The largest absolute Gasteiger partial charge is 0.478 e. The molecule has 6 heteroatoms. The highest BCUT2D eigenvalue weighted by molar-refractivity contribution is 5.90. The molecule has 1 aliphatic carbocycles. The second-order valence-corrected chi connectivity index (χ2v) is 5.58. The van der Waals surface area contributed by atoms with Crippen LogP contribution in [0.2, 0.25) is 0 Å². The van der Waals surface area contributed by atoms with E-state index < -0.39 is 10.9 Å². The van der Waals surface area contributed by atoms with Gasteiger partial charge in [0, 0.05) is 12.1 Å². The van der Waals surface area contributed by atoms with Crippen LogP contribution >= 0.6 is 0 Å². The number of anilines is 1. The van der Waals surface area contributed by atoms with E-state index in [0.29, 0.717) is 11.6 Å². The molecule has 6 nitrogen and oxygen atoms in total. The number of hydrogen-bond donors (Lipinski definition) is 2. The third-order valence-corrected chi connectivity index (χ3v) is 4.16. The molecule has 1 fully saturated rings. The Balaban J connectivity index is 2.22. The molecule has 0 bridgehead atoms. The van der Waals surface area contributed by atoms with Gasteiger partial charge in [0.05, 0.1) is 10.5 Å². The molecule has 0 aliphatic heterocycles. The van der Waals surface area contributed by atoms with Crippen LogP contribution in [0.3, 0.4) is 0 Å². The summed E-state index contributed by atoms with van der Waals surface area (Å²) in [5, 5.41) is 23.3. The minimum atomic E-state index is -1.08. The third kappa shape index (κ3) is 3.71. The van der Waals surface area contributed by atoms with Crippen molar-refractivity contribution < 1.29 is 14.8 Å². The summed E-state index contributed by atoms with van der Waals surface area (Å²) < 4.78 is 0. The first-order valence-electron chi connectivity index (χ1n) is 7.29. The Labute approximate surface area is 123 Å². The van der Waals surface area contributed by atoms with Gasteiger partial charge in [-0.15, -0.1) is 0 Å². The van der Waals surface area contributed by atoms with Gasteiger partial charge in [0.15, 0.2) is 0 Å². The summed E-state index contributed by atoms with van der Waals surface area (Å²) >= 11 is 0. The lowest BCUT2D eigenvalue weighted by atomic mass is 9.84. The van der Waals surface area contributed by atoms with E-state index in [-0.39, 0.29) is 17.3 Å². The van der Waals surface area contributed by atoms with Crippen molar-refractivity contribution in [2.75, 3.05) is 5.32 Å². The van der Waals surface area contributed by atoms with Gasteiger partial charge in [0.2, 0.25) is 0 Å².